The third kappa shape index (κ3) is 5.29. The lowest BCUT2D eigenvalue weighted by Gasteiger charge is -2.23. The van der Waals surface area contributed by atoms with Gasteiger partial charge in [0, 0.05) is 38.0 Å². The van der Waals surface area contributed by atoms with E-state index in [1.165, 1.54) is 24.1 Å². The summed E-state index contributed by atoms with van der Waals surface area (Å²) in [6.45, 7) is 10.7. The molecule has 0 unspecified atom stereocenters. The van der Waals surface area contributed by atoms with E-state index in [2.05, 4.69) is 36.2 Å². The van der Waals surface area contributed by atoms with Crippen LogP contribution in [0.5, 0.6) is 0 Å². The minimum Gasteiger partial charge on any atom is -0.380 e. The van der Waals surface area contributed by atoms with E-state index in [0.29, 0.717) is 0 Å². The Hall–Kier alpha value is -1.13. The zero-order valence-corrected chi connectivity index (χ0v) is 13.7. The van der Waals surface area contributed by atoms with Crippen molar-refractivity contribution in [2.24, 2.45) is 0 Å². The van der Waals surface area contributed by atoms with Crippen molar-refractivity contribution in [3.63, 3.8) is 0 Å². The highest BCUT2D eigenvalue weighted by Crippen LogP contribution is 2.21. The van der Waals surface area contributed by atoms with Crippen molar-refractivity contribution in [3.05, 3.63) is 23.4 Å². The molecule has 1 fully saturated rings. The number of ether oxygens (including phenoxy) is 1. The summed E-state index contributed by atoms with van der Waals surface area (Å²) in [5.41, 5.74) is 2.52. The monoisotopic (exact) mass is 291 g/mol. The maximum Gasteiger partial charge on any atom is 0.129 e. The highest BCUT2D eigenvalue weighted by molar-refractivity contribution is 5.42. The van der Waals surface area contributed by atoms with Crippen molar-refractivity contribution in [3.8, 4) is 0 Å². The van der Waals surface area contributed by atoms with Crippen molar-refractivity contribution >= 4 is 5.82 Å². The summed E-state index contributed by atoms with van der Waals surface area (Å²) >= 11 is 0. The molecule has 0 amide bonds. The van der Waals surface area contributed by atoms with Gasteiger partial charge in [0.2, 0.25) is 0 Å². The van der Waals surface area contributed by atoms with Gasteiger partial charge in [0.1, 0.15) is 5.82 Å². The van der Waals surface area contributed by atoms with E-state index in [1.54, 1.807) is 0 Å². The average molecular weight is 291 g/mol. The van der Waals surface area contributed by atoms with Crippen LogP contribution in [0.25, 0.3) is 0 Å². The summed E-state index contributed by atoms with van der Waals surface area (Å²) in [5.74, 6) is 1.09. The van der Waals surface area contributed by atoms with Gasteiger partial charge in [-0.25, -0.2) is 4.98 Å². The number of rotatable bonds is 10. The Morgan fingerprint density at radius 1 is 1.29 bits per heavy atom. The van der Waals surface area contributed by atoms with Gasteiger partial charge in [-0.15, -0.1) is 0 Å². The van der Waals surface area contributed by atoms with Crippen LogP contribution in [0, 0.1) is 0 Å². The lowest BCUT2D eigenvalue weighted by Crippen LogP contribution is -2.28. The summed E-state index contributed by atoms with van der Waals surface area (Å²) in [5, 5.41) is 3.59. The van der Waals surface area contributed by atoms with Crippen molar-refractivity contribution in [1.82, 2.24) is 10.3 Å². The van der Waals surface area contributed by atoms with Gasteiger partial charge < -0.3 is 15.0 Å². The highest BCUT2D eigenvalue weighted by Gasteiger charge is 2.20. The fourth-order valence-electron chi connectivity index (χ4n) is 2.38. The van der Waals surface area contributed by atoms with Crippen molar-refractivity contribution < 1.29 is 4.74 Å². The first-order chi connectivity index (χ1) is 10.3. The summed E-state index contributed by atoms with van der Waals surface area (Å²) in [6.07, 6.45) is 3.63. The van der Waals surface area contributed by atoms with E-state index in [1.807, 2.05) is 6.92 Å². The van der Waals surface area contributed by atoms with Crippen LogP contribution in [0.4, 0.5) is 5.82 Å². The van der Waals surface area contributed by atoms with E-state index >= 15 is 0 Å². The predicted molar refractivity (Wildman–Crippen MR) is 87.9 cm³/mol. The number of aryl methyl sites for hydroxylation is 1. The van der Waals surface area contributed by atoms with Crippen LogP contribution in [-0.2, 0) is 17.7 Å². The Labute approximate surface area is 128 Å². The van der Waals surface area contributed by atoms with Crippen LogP contribution in [0.2, 0.25) is 0 Å². The molecule has 1 aliphatic carbocycles. The number of aromatic nitrogens is 1. The normalized spacial score (nSPS) is 14.4. The molecule has 118 valence electrons. The molecule has 1 aliphatic rings. The van der Waals surface area contributed by atoms with Gasteiger partial charge in [-0.1, -0.05) is 6.92 Å². The number of likely N-dealkylation sites (N-methyl/N-ethyl adjacent to an activating group) is 1. The second-order valence-corrected chi connectivity index (χ2v) is 5.61. The lowest BCUT2D eigenvalue weighted by molar-refractivity contribution is 0.154. The van der Waals surface area contributed by atoms with Crippen LogP contribution < -0.4 is 10.2 Å². The van der Waals surface area contributed by atoms with E-state index in [0.717, 1.165) is 51.1 Å². The quantitative estimate of drug-likeness (QED) is 0.673. The minimum atomic E-state index is 0.743. The smallest absolute Gasteiger partial charge is 0.129 e. The third-order valence-electron chi connectivity index (χ3n) is 3.87. The lowest BCUT2D eigenvalue weighted by atomic mass is 10.2. The van der Waals surface area contributed by atoms with Gasteiger partial charge in [0.25, 0.3) is 0 Å². The van der Waals surface area contributed by atoms with Crippen molar-refractivity contribution in [2.75, 3.05) is 31.2 Å². The maximum absolute atomic E-state index is 5.48. The van der Waals surface area contributed by atoms with Crippen LogP contribution in [0.3, 0.4) is 0 Å². The number of nitrogens with zero attached hydrogens (tertiary/aromatic N) is 2. The SMILES string of the molecule is CCOCCN(CC)c1cc(CNC2CC2)cc(CC)n1. The zero-order valence-electron chi connectivity index (χ0n) is 13.7. The molecule has 1 saturated carbocycles. The Bertz CT molecular complexity index is 432. The molecule has 0 saturated heterocycles. The molecule has 1 N–H and O–H groups in total. The van der Waals surface area contributed by atoms with Crippen LogP contribution >= 0.6 is 0 Å². The fraction of sp³-hybridized carbons (Fsp3) is 0.706. The summed E-state index contributed by atoms with van der Waals surface area (Å²) in [4.78, 5) is 7.09. The number of hydrogen-bond acceptors (Lipinski definition) is 4. The number of pyridine rings is 1. The molecule has 1 aromatic rings. The molecule has 1 aromatic heterocycles. The molecular weight excluding hydrogens is 262 g/mol. The standard InChI is InChI=1S/C17H29N3O/c1-4-15-11-14(13-18-16-7-8-16)12-17(19-15)20(5-2)9-10-21-6-3/h11-12,16,18H,4-10,13H2,1-3H3. The second-order valence-electron chi connectivity index (χ2n) is 5.61. The fourth-order valence-corrected chi connectivity index (χ4v) is 2.38. The second kappa shape index (κ2) is 8.35. The Kier molecular flexibility index (Phi) is 6.46. The number of nitrogens with one attached hydrogen (secondary N) is 1. The van der Waals surface area contributed by atoms with Crippen LogP contribution in [0.1, 0.15) is 44.9 Å². The molecule has 0 aliphatic heterocycles. The topological polar surface area (TPSA) is 37.4 Å². The van der Waals surface area contributed by atoms with Gasteiger partial charge in [-0.3, -0.25) is 0 Å². The Morgan fingerprint density at radius 2 is 2.10 bits per heavy atom. The summed E-state index contributed by atoms with van der Waals surface area (Å²) < 4.78 is 5.48. The maximum atomic E-state index is 5.48. The molecule has 2 rings (SSSR count). The molecule has 0 bridgehead atoms. The first-order valence-corrected chi connectivity index (χ1v) is 8.32. The zero-order chi connectivity index (χ0) is 15.1. The van der Waals surface area contributed by atoms with E-state index < -0.39 is 0 Å². The van der Waals surface area contributed by atoms with Gasteiger partial charge >= 0.3 is 0 Å². The molecule has 1 heterocycles. The van der Waals surface area contributed by atoms with Gasteiger partial charge in [0.05, 0.1) is 6.61 Å². The molecule has 0 aromatic carbocycles. The summed E-state index contributed by atoms with van der Waals surface area (Å²) in [6, 6.07) is 5.20. The van der Waals surface area contributed by atoms with Crippen LogP contribution in [0.15, 0.2) is 12.1 Å². The van der Waals surface area contributed by atoms with Crippen molar-refractivity contribution in [2.45, 2.75) is 52.6 Å². The van der Waals surface area contributed by atoms with E-state index in [4.69, 9.17) is 9.72 Å². The highest BCUT2D eigenvalue weighted by atomic mass is 16.5. The molecule has 0 spiro atoms. The molecule has 0 atom stereocenters. The molecule has 21 heavy (non-hydrogen) atoms. The Morgan fingerprint density at radius 3 is 2.71 bits per heavy atom. The first kappa shape index (κ1) is 16.2. The molecular formula is C17H29N3O. The number of hydrogen-bond donors (Lipinski definition) is 1. The molecule has 4 heteroatoms. The first-order valence-electron chi connectivity index (χ1n) is 8.32. The predicted octanol–water partition coefficient (Wildman–Crippen LogP) is 2.76. The molecule has 0 radical (unpaired) electrons. The van der Waals surface area contributed by atoms with Gasteiger partial charge in [-0.05, 0) is 50.8 Å². The average Bonchev–Trinajstić information content (AvgIpc) is 3.33. The van der Waals surface area contributed by atoms with Gasteiger partial charge in [0.15, 0.2) is 0 Å². The third-order valence-corrected chi connectivity index (χ3v) is 3.87. The number of anilines is 1. The largest absolute Gasteiger partial charge is 0.380 e. The Balaban J connectivity index is 2.05. The van der Waals surface area contributed by atoms with Crippen molar-refractivity contribution in [1.29, 1.82) is 0 Å². The van der Waals surface area contributed by atoms with E-state index in [9.17, 15) is 0 Å². The van der Waals surface area contributed by atoms with Crippen LogP contribution in [-0.4, -0.2) is 37.3 Å². The van der Waals surface area contributed by atoms with E-state index in [-0.39, 0.29) is 0 Å². The summed E-state index contributed by atoms with van der Waals surface area (Å²) in [7, 11) is 0. The molecule has 4 nitrogen and oxygen atoms in total. The van der Waals surface area contributed by atoms with Gasteiger partial charge in [-0.2, -0.15) is 0 Å². The minimum absolute atomic E-state index is 0.743.